The van der Waals surface area contributed by atoms with Gasteiger partial charge < -0.3 is 5.32 Å². The highest BCUT2D eigenvalue weighted by Gasteiger charge is 2.25. The van der Waals surface area contributed by atoms with E-state index in [9.17, 15) is 18.5 Å². The van der Waals surface area contributed by atoms with Crippen molar-refractivity contribution >= 4 is 32.5 Å². The van der Waals surface area contributed by atoms with Crippen LogP contribution in [-0.4, -0.2) is 25.6 Å². The number of carbonyl (C=O) groups excluding carboxylic acids is 1. The smallest absolute Gasteiger partial charge is 0.254 e. The average Bonchev–Trinajstić information content (AvgIpc) is 2.83. The first-order valence-electron chi connectivity index (χ1n) is 10.6. The molecule has 3 aromatic carbocycles. The van der Waals surface area contributed by atoms with E-state index in [1.54, 1.807) is 36.4 Å². The van der Waals surface area contributed by atoms with Crippen molar-refractivity contribution in [2.45, 2.75) is 12.5 Å². The Labute approximate surface area is 198 Å². The topological polar surface area (TPSA) is 112 Å². The molecule has 0 bridgehead atoms. The number of sulfonamides is 1. The third-order valence-corrected chi connectivity index (χ3v) is 5.83. The van der Waals surface area contributed by atoms with Crippen LogP contribution in [0.4, 0.5) is 5.69 Å². The van der Waals surface area contributed by atoms with E-state index in [0.717, 1.165) is 11.8 Å². The number of fused-ring (bicyclic) bond motifs is 1. The lowest BCUT2D eigenvalue weighted by Gasteiger charge is -2.21. The van der Waals surface area contributed by atoms with Crippen LogP contribution in [-0.2, 0) is 10.0 Å². The number of hydrogen-bond acceptors (Lipinski definition) is 5. The minimum Gasteiger partial charge on any atom is -0.344 e. The maximum atomic E-state index is 13.7. The van der Waals surface area contributed by atoms with E-state index in [4.69, 9.17) is 0 Å². The Balaban J connectivity index is 1.93. The van der Waals surface area contributed by atoms with Crippen molar-refractivity contribution in [3.8, 4) is 17.3 Å². The number of amides is 1. The molecule has 8 heteroatoms. The molecule has 0 unspecified atom stereocenters. The van der Waals surface area contributed by atoms with E-state index in [0.29, 0.717) is 22.2 Å². The predicted octanol–water partition coefficient (Wildman–Crippen LogP) is 4.66. The van der Waals surface area contributed by atoms with E-state index in [1.807, 2.05) is 48.5 Å². The molecule has 1 aromatic heterocycles. The van der Waals surface area contributed by atoms with Crippen LogP contribution in [0.5, 0.6) is 0 Å². The van der Waals surface area contributed by atoms with Gasteiger partial charge in [0.25, 0.3) is 5.91 Å². The molecule has 0 aliphatic carbocycles. The maximum Gasteiger partial charge on any atom is 0.254 e. The highest BCUT2D eigenvalue weighted by Crippen LogP contribution is 2.35. The van der Waals surface area contributed by atoms with E-state index >= 15 is 0 Å². The van der Waals surface area contributed by atoms with Crippen molar-refractivity contribution in [1.29, 1.82) is 5.26 Å². The van der Waals surface area contributed by atoms with Gasteiger partial charge in [-0.05, 0) is 11.6 Å². The molecule has 0 aliphatic heterocycles. The summed E-state index contributed by atoms with van der Waals surface area (Å²) in [5.41, 5.74) is 2.55. The quantitative estimate of drug-likeness (QED) is 0.408. The van der Waals surface area contributed by atoms with Crippen LogP contribution < -0.4 is 10.0 Å². The standard InChI is InChI=1S/C26H22N4O3S/c1-34(32,33)30-25-23(26(31)29-21(16-17-27)18-10-4-2-5-11-18)20-14-8-9-15-22(20)28-24(25)19-12-6-3-7-13-19/h2-15,21,30H,16H2,1H3,(H,29,31)/t21-/m0/s1. The number of aromatic nitrogens is 1. The fourth-order valence-corrected chi connectivity index (χ4v) is 4.37. The number of para-hydroxylation sites is 1. The summed E-state index contributed by atoms with van der Waals surface area (Å²) in [6, 6.07) is 26.8. The van der Waals surface area contributed by atoms with Gasteiger partial charge in [-0.15, -0.1) is 0 Å². The third kappa shape index (κ3) is 5.05. The van der Waals surface area contributed by atoms with Crippen LogP contribution in [0.15, 0.2) is 84.9 Å². The zero-order valence-corrected chi connectivity index (χ0v) is 19.2. The SMILES string of the molecule is CS(=O)(=O)Nc1c(-c2ccccc2)nc2ccccc2c1C(=O)N[C@@H](CC#N)c1ccccc1. The summed E-state index contributed by atoms with van der Waals surface area (Å²) < 4.78 is 27.2. The van der Waals surface area contributed by atoms with Crippen LogP contribution in [0.2, 0.25) is 0 Å². The molecule has 0 radical (unpaired) electrons. The Kier molecular flexibility index (Phi) is 6.57. The minimum atomic E-state index is -3.75. The van der Waals surface area contributed by atoms with Crippen molar-refractivity contribution in [1.82, 2.24) is 10.3 Å². The molecular formula is C26H22N4O3S. The number of hydrogen-bond donors (Lipinski definition) is 2. The van der Waals surface area contributed by atoms with Crippen molar-refractivity contribution in [3.63, 3.8) is 0 Å². The van der Waals surface area contributed by atoms with Gasteiger partial charge in [0.05, 0.1) is 47.2 Å². The summed E-state index contributed by atoms with van der Waals surface area (Å²) in [6.45, 7) is 0. The summed E-state index contributed by atoms with van der Waals surface area (Å²) >= 11 is 0. The van der Waals surface area contributed by atoms with Gasteiger partial charge in [0, 0.05) is 10.9 Å². The number of carbonyl (C=O) groups is 1. The summed E-state index contributed by atoms with van der Waals surface area (Å²) in [7, 11) is -3.75. The number of nitriles is 1. The van der Waals surface area contributed by atoms with Crippen molar-refractivity contribution in [2.24, 2.45) is 0 Å². The predicted molar refractivity (Wildman–Crippen MR) is 133 cm³/mol. The third-order valence-electron chi connectivity index (χ3n) is 5.26. The molecule has 170 valence electrons. The number of pyridine rings is 1. The number of benzene rings is 3. The van der Waals surface area contributed by atoms with Crippen molar-refractivity contribution < 1.29 is 13.2 Å². The molecular weight excluding hydrogens is 448 g/mol. The summed E-state index contributed by atoms with van der Waals surface area (Å²) in [5.74, 6) is -0.508. The second-order valence-electron chi connectivity index (χ2n) is 7.77. The minimum absolute atomic E-state index is 0.0547. The molecule has 2 N–H and O–H groups in total. The van der Waals surface area contributed by atoms with Gasteiger partial charge in [0.2, 0.25) is 10.0 Å². The first kappa shape index (κ1) is 23.0. The average molecular weight is 471 g/mol. The second-order valence-corrected chi connectivity index (χ2v) is 9.52. The van der Waals surface area contributed by atoms with Gasteiger partial charge in [-0.3, -0.25) is 9.52 Å². The van der Waals surface area contributed by atoms with Crippen LogP contribution in [0, 0.1) is 11.3 Å². The Morgan fingerprint density at radius 1 is 0.971 bits per heavy atom. The molecule has 7 nitrogen and oxygen atoms in total. The number of nitrogens with one attached hydrogen (secondary N) is 2. The number of rotatable bonds is 7. The van der Waals surface area contributed by atoms with Crippen LogP contribution in [0.25, 0.3) is 22.2 Å². The number of anilines is 1. The first-order valence-corrected chi connectivity index (χ1v) is 12.4. The largest absolute Gasteiger partial charge is 0.344 e. The normalized spacial score (nSPS) is 12.0. The van der Waals surface area contributed by atoms with Crippen LogP contribution in [0.3, 0.4) is 0 Å². The molecule has 4 aromatic rings. The van der Waals surface area contributed by atoms with Crippen LogP contribution >= 0.6 is 0 Å². The molecule has 0 spiro atoms. The molecule has 4 rings (SSSR count). The zero-order valence-electron chi connectivity index (χ0n) is 18.4. The van der Waals surface area contributed by atoms with E-state index in [-0.39, 0.29) is 17.7 Å². The molecule has 0 aliphatic rings. The molecule has 0 saturated carbocycles. The Morgan fingerprint density at radius 3 is 2.24 bits per heavy atom. The lowest BCUT2D eigenvalue weighted by molar-refractivity contribution is 0.0940. The zero-order chi connectivity index (χ0) is 24.1. The highest BCUT2D eigenvalue weighted by atomic mass is 32.2. The molecule has 1 amide bonds. The highest BCUT2D eigenvalue weighted by molar-refractivity contribution is 7.92. The van der Waals surface area contributed by atoms with E-state index in [1.165, 1.54) is 0 Å². The van der Waals surface area contributed by atoms with Gasteiger partial charge in [0.15, 0.2) is 0 Å². The van der Waals surface area contributed by atoms with E-state index < -0.39 is 22.0 Å². The van der Waals surface area contributed by atoms with E-state index in [2.05, 4.69) is 21.1 Å². The lowest BCUT2D eigenvalue weighted by Crippen LogP contribution is -2.30. The molecule has 0 saturated heterocycles. The maximum absolute atomic E-state index is 13.7. The van der Waals surface area contributed by atoms with Gasteiger partial charge in [-0.1, -0.05) is 78.9 Å². The Morgan fingerprint density at radius 2 is 1.59 bits per heavy atom. The van der Waals surface area contributed by atoms with Crippen molar-refractivity contribution in [3.05, 3.63) is 96.1 Å². The fraction of sp³-hybridized carbons (Fsp3) is 0.115. The summed E-state index contributed by atoms with van der Waals surface area (Å²) in [6.07, 6.45) is 1.08. The van der Waals surface area contributed by atoms with Crippen molar-refractivity contribution in [2.75, 3.05) is 11.0 Å². The summed E-state index contributed by atoms with van der Waals surface area (Å²) in [4.78, 5) is 18.4. The lowest BCUT2D eigenvalue weighted by atomic mass is 9.99. The monoisotopic (exact) mass is 470 g/mol. The second kappa shape index (κ2) is 9.73. The fourth-order valence-electron chi connectivity index (χ4n) is 3.80. The van der Waals surface area contributed by atoms with Crippen LogP contribution in [0.1, 0.15) is 28.4 Å². The first-order chi connectivity index (χ1) is 16.4. The molecule has 1 atom stereocenters. The molecule has 0 fully saturated rings. The molecule has 34 heavy (non-hydrogen) atoms. The van der Waals surface area contributed by atoms with Gasteiger partial charge >= 0.3 is 0 Å². The van der Waals surface area contributed by atoms with Gasteiger partial charge in [0.1, 0.15) is 0 Å². The van der Waals surface area contributed by atoms with Gasteiger partial charge in [-0.25, -0.2) is 13.4 Å². The molecule has 1 heterocycles. The van der Waals surface area contributed by atoms with Gasteiger partial charge in [-0.2, -0.15) is 5.26 Å². The Hall–Kier alpha value is -4.22. The number of nitrogens with zero attached hydrogens (tertiary/aromatic N) is 2. The summed E-state index contributed by atoms with van der Waals surface area (Å²) in [5, 5.41) is 12.8. The Bertz CT molecular complexity index is 1480.